The van der Waals surface area contributed by atoms with E-state index in [4.69, 9.17) is 15.0 Å². The molecule has 0 atom stereocenters. The highest BCUT2D eigenvalue weighted by Crippen LogP contribution is 2.68. The van der Waals surface area contributed by atoms with E-state index >= 15 is 0 Å². The van der Waals surface area contributed by atoms with Crippen molar-refractivity contribution < 1.29 is 0 Å². The summed E-state index contributed by atoms with van der Waals surface area (Å²) in [4.78, 5) is 15.2. The molecule has 0 saturated heterocycles. The van der Waals surface area contributed by atoms with Crippen LogP contribution in [0.2, 0.25) is 0 Å². The van der Waals surface area contributed by atoms with Crippen LogP contribution >= 0.6 is 32.3 Å². The van der Waals surface area contributed by atoms with Gasteiger partial charge in [0.1, 0.15) is 6.33 Å². The van der Waals surface area contributed by atoms with Crippen molar-refractivity contribution in [1.82, 2.24) is 15.0 Å². The Morgan fingerprint density at radius 3 is 0.778 bits per heavy atom. The van der Waals surface area contributed by atoms with Crippen LogP contribution < -0.4 is 8.88 Å². The van der Waals surface area contributed by atoms with E-state index in [0.717, 1.165) is 11.9 Å². The molecule has 0 N–H and O–H groups in total. The Hall–Kier alpha value is 0.330. The molecule has 1 heterocycles. The van der Waals surface area contributed by atoms with Gasteiger partial charge in [-0.3, -0.25) is 8.88 Å². The molecule has 0 unspecified atom stereocenters. The molecule has 36 heavy (non-hydrogen) atoms. The zero-order valence-corrected chi connectivity index (χ0v) is 29.8. The smallest absolute Gasteiger partial charge is 0.236 e. The Balaban J connectivity index is 3.92. The molecule has 0 radical (unpaired) electrons. The molecule has 1 aromatic rings. The molecule has 1 rings (SSSR count). The second-order valence-electron chi connectivity index (χ2n) is 11.9. The van der Waals surface area contributed by atoms with E-state index in [9.17, 15) is 0 Å². The van der Waals surface area contributed by atoms with E-state index in [2.05, 4.69) is 120 Å². The Morgan fingerprint density at radius 1 is 0.417 bits per heavy atom. The highest BCUT2D eigenvalue weighted by atomic mass is 31.2. The molecule has 0 spiro atoms. The number of hydrogen-bond donors (Lipinski definition) is 0. The normalized spacial score (nSPS) is 13.2. The zero-order chi connectivity index (χ0) is 28.1. The van der Waals surface area contributed by atoms with Gasteiger partial charge < -0.3 is 0 Å². The third kappa shape index (κ3) is 8.67. The van der Waals surface area contributed by atoms with E-state index < -0.39 is 32.3 Å². The second-order valence-corrected chi connectivity index (χ2v) is 25.5. The largest absolute Gasteiger partial charge is 0.297 e. The number of hydrogen-bond acceptors (Lipinski definition) is 5. The van der Waals surface area contributed by atoms with E-state index in [1.165, 1.54) is 0 Å². The first-order valence-electron chi connectivity index (χ1n) is 14.0. The SMILES string of the molecule is CC(C)P(C(C)C)N(c1ncnc(N(P(C(C)C)C(C)C)P(C(C)C)C(C)C)n1)P(C(C)C)C(C)C. The summed E-state index contributed by atoms with van der Waals surface area (Å²) in [5.41, 5.74) is 4.60. The van der Waals surface area contributed by atoms with Gasteiger partial charge >= 0.3 is 0 Å². The monoisotopic (exact) mass is 575 g/mol. The summed E-state index contributed by atoms with van der Waals surface area (Å²) in [6.45, 7) is 38.1. The first-order chi connectivity index (χ1) is 16.5. The maximum absolute atomic E-state index is 5.41. The molecule has 0 amide bonds. The highest BCUT2D eigenvalue weighted by Gasteiger charge is 2.39. The fourth-order valence-electron chi connectivity index (χ4n) is 5.26. The lowest BCUT2D eigenvalue weighted by atomic mass is 10.5. The van der Waals surface area contributed by atoms with Crippen molar-refractivity contribution in [3.63, 3.8) is 0 Å². The molecule has 210 valence electrons. The van der Waals surface area contributed by atoms with Crippen molar-refractivity contribution in [2.75, 3.05) is 8.88 Å². The summed E-state index contributed by atoms with van der Waals surface area (Å²) >= 11 is 0. The summed E-state index contributed by atoms with van der Waals surface area (Å²) in [5.74, 6) is 1.83. The first kappa shape index (κ1) is 34.4. The molecule has 0 bridgehead atoms. The van der Waals surface area contributed by atoms with Crippen molar-refractivity contribution in [3.05, 3.63) is 6.33 Å². The van der Waals surface area contributed by atoms with Gasteiger partial charge in [0.2, 0.25) is 11.9 Å². The average Bonchev–Trinajstić information content (AvgIpc) is 2.70. The minimum Gasteiger partial charge on any atom is -0.297 e. The van der Waals surface area contributed by atoms with Gasteiger partial charge in [0, 0.05) is 32.3 Å². The van der Waals surface area contributed by atoms with Crippen LogP contribution in [0.25, 0.3) is 0 Å². The van der Waals surface area contributed by atoms with Crippen molar-refractivity contribution >= 4 is 44.2 Å². The summed E-state index contributed by atoms with van der Waals surface area (Å²) in [5, 5.41) is 0. The minimum atomic E-state index is -0.433. The molecule has 9 heteroatoms. The van der Waals surface area contributed by atoms with E-state index in [1.54, 1.807) is 0 Å². The van der Waals surface area contributed by atoms with E-state index in [-0.39, 0.29) is 0 Å². The molecule has 5 nitrogen and oxygen atoms in total. The number of anilines is 2. The first-order valence-corrected chi connectivity index (χ1v) is 19.7. The lowest BCUT2D eigenvalue weighted by molar-refractivity contribution is 0.944. The third-order valence-corrected chi connectivity index (χ3v) is 19.4. The average molecular weight is 576 g/mol. The van der Waals surface area contributed by atoms with Crippen LogP contribution in [0.4, 0.5) is 11.9 Å². The van der Waals surface area contributed by atoms with Gasteiger partial charge in [-0.1, -0.05) is 111 Å². The van der Waals surface area contributed by atoms with Gasteiger partial charge in [-0.05, 0) is 45.3 Å². The Bertz CT molecular complexity index is 639. The summed E-state index contributed by atoms with van der Waals surface area (Å²) in [7, 11) is -1.73. The maximum Gasteiger partial charge on any atom is 0.236 e. The molecule has 0 saturated carbocycles. The van der Waals surface area contributed by atoms with Crippen LogP contribution in [0.1, 0.15) is 111 Å². The molecular formula is C27H57N5P4. The van der Waals surface area contributed by atoms with Gasteiger partial charge in [0.25, 0.3) is 0 Å². The van der Waals surface area contributed by atoms with E-state index in [1.807, 2.05) is 6.33 Å². The quantitative estimate of drug-likeness (QED) is 0.207. The van der Waals surface area contributed by atoms with Crippen molar-refractivity contribution in [2.24, 2.45) is 0 Å². The predicted molar refractivity (Wildman–Crippen MR) is 174 cm³/mol. The Morgan fingerprint density at radius 2 is 0.611 bits per heavy atom. The fraction of sp³-hybridized carbons (Fsp3) is 0.889. The number of aromatic nitrogens is 3. The van der Waals surface area contributed by atoms with E-state index in [0.29, 0.717) is 45.3 Å². The second kappa shape index (κ2) is 15.2. The molecule has 0 aromatic carbocycles. The molecule has 0 fully saturated rings. The predicted octanol–water partition coefficient (Wildman–Crippen LogP) is 10.3. The van der Waals surface area contributed by atoms with Gasteiger partial charge in [0.05, 0.1) is 0 Å². The van der Waals surface area contributed by atoms with Gasteiger partial charge in [0.15, 0.2) is 0 Å². The van der Waals surface area contributed by atoms with Crippen LogP contribution in [-0.2, 0) is 0 Å². The zero-order valence-electron chi connectivity index (χ0n) is 26.2. The Labute approximate surface area is 230 Å². The van der Waals surface area contributed by atoms with Crippen molar-refractivity contribution in [1.29, 1.82) is 0 Å². The van der Waals surface area contributed by atoms with Crippen LogP contribution in [0.3, 0.4) is 0 Å². The Kier molecular flexibility index (Phi) is 14.5. The molecule has 0 aliphatic carbocycles. The van der Waals surface area contributed by atoms with Gasteiger partial charge in [-0.2, -0.15) is 4.98 Å². The summed E-state index contributed by atoms with van der Waals surface area (Å²) < 4.78 is 5.41. The lowest BCUT2D eigenvalue weighted by Gasteiger charge is -2.47. The minimum absolute atomic E-state index is 0.433. The van der Waals surface area contributed by atoms with Crippen LogP contribution in [0.5, 0.6) is 0 Å². The lowest BCUT2D eigenvalue weighted by Crippen LogP contribution is -2.30. The molecule has 0 aliphatic rings. The van der Waals surface area contributed by atoms with Gasteiger partial charge in [-0.15, -0.1) is 0 Å². The highest BCUT2D eigenvalue weighted by molar-refractivity contribution is 7.79. The topological polar surface area (TPSA) is 45.2 Å². The maximum atomic E-state index is 5.41. The number of rotatable bonds is 14. The van der Waals surface area contributed by atoms with Crippen LogP contribution in [0.15, 0.2) is 6.33 Å². The molecular weight excluding hydrogens is 518 g/mol. The van der Waals surface area contributed by atoms with Gasteiger partial charge in [-0.25, -0.2) is 9.97 Å². The van der Waals surface area contributed by atoms with Crippen LogP contribution in [-0.4, -0.2) is 60.2 Å². The van der Waals surface area contributed by atoms with Crippen molar-refractivity contribution in [2.45, 2.75) is 156 Å². The third-order valence-electron chi connectivity index (χ3n) is 6.01. The molecule has 0 aliphatic heterocycles. The summed E-state index contributed by atoms with van der Waals surface area (Å²) in [6.07, 6.45) is 1.81. The van der Waals surface area contributed by atoms with Crippen LogP contribution in [0, 0.1) is 0 Å². The number of nitrogens with zero attached hydrogens (tertiary/aromatic N) is 5. The standard InChI is InChI=1S/C27H57N5P4/c1-18(2)33(19(3)4)31(34(20(5)6)21(7)8)26-28-17-29-27(30-26)32(35(22(9)10)23(11)12)36(24(13)14)25(15)16/h17-25H,1-16H3. The molecule has 1 aromatic heterocycles. The summed E-state index contributed by atoms with van der Waals surface area (Å²) in [6, 6.07) is 0. The van der Waals surface area contributed by atoms with Crippen molar-refractivity contribution in [3.8, 4) is 0 Å². The fourth-order valence-corrected chi connectivity index (χ4v) is 21.6.